The number of aromatic amines is 1. The average molecular weight is 301 g/mol. The summed E-state index contributed by atoms with van der Waals surface area (Å²) < 4.78 is 1.47. The lowest BCUT2D eigenvalue weighted by atomic mass is 10.1. The van der Waals surface area contributed by atoms with E-state index in [1.807, 2.05) is 0 Å². The van der Waals surface area contributed by atoms with Crippen LogP contribution in [0.15, 0.2) is 6.07 Å². The number of fused-ring (bicyclic) bond motifs is 2. The second kappa shape index (κ2) is 4.69. The van der Waals surface area contributed by atoms with E-state index < -0.39 is 5.97 Å². The van der Waals surface area contributed by atoms with Gasteiger partial charge in [-0.1, -0.05) is 0 Å². The zero-order chi connectivity index (χ0) is 15.3. The van der Waals surface area contributed by atoms with Crippen molar-refractivity contribution in [2.75, 3.05) is 6.54 Å². The predicted molar refractivity (Wildman–Crippen MR) is 74.5 cm³/mol. The molecule has 0 unspecified atom stereocenters. The zero-order valence-corrected chi connectivity index (χ0v) is 11.9. The summed E-state index contributed by atoms with van der Waals surface area (Å²) in [6.45, 7) is 1.47. The first-order valence-electron chi connectivity index (χ1n) is 7.29. The number of aromatic nitrogens is 4. The summed E-state index contributed by atoms with van der Waals surface area (Å²) in [6.07, 6.45) is 3.15. The number of carboxylic acid groups (broad SMARTS) is 1. The van der Waals surface area contributed by atoms with Crippen LogP contribution in [-0.2, 0) is 25.9 Å². The molecule has 0 bridgehead atoms. The number of carbonyl (C=O) groups excluding carboxylic acids is 1. The number of nitrogens with zero attached hydrogens (tertiary/aromatic N) is 4. The molecule has 4 rings (SSSR count). The Kier molecular flexibility index (Phi) is 2.78. The Bertz CT molecular complexity index is 776. The topological polar surface area (TPSA) is 104 Å². The highest BCUT2D eigenvalue weighted by Gasteiger charge is 2.29. The normalized spacial score (nSPS) is 16.7. The van der Waals surface area contributed by atoms with Crippen molar-refractivity contribution in [3.63, 3.8) is 0 Å². The van der Waals surface area contributed by atoms with Gasteiger partial charge >= 0.3 is 5.97 Å². The standard InChI is InChI=1S/C14H15N5O3/c20-13-12-6-10(14(21)22)17-19(12)5-4-18(13)7-11-8-2-1-3-9(8)15-16-11/h6H,1-5,7H2,(H,15,16)(H,21,22). The van der Waals surface area contributed by atoms with Crippen molar-refractivity contribution in [1.29, 1.82) is 0 Å². The molecular formula is C14H15N5O3. The second-order valence-corrected chi connectivity index (χ2v) is 5.65. The van der Waals surface area contributed by atoms with Gasteiger partial charge in [0.15, 0.2) is 5.69 Å². The molecule has 0 spiro atoms. The van der Waals surface area contributed by atoms with Crippen molar-refractivity contribution in [3.8, 4) is 0 Å². The van der Waals surface area contributed by atoms with Crippen LogP contribution in [0.4, 0.5) is 0 Å². The minimum Gasteiger partial charge on any atom is -0.476 e. The highest BCUT2D eigenvalue weighted by atomic mass is 16.4. The van der Waals surface area contributed by atoms with E-state index in [2.05, 4.69) is 15.3 Å². The van der Waals surface area contributed by atoms with Gasteiger partial charge in [-0.3, -0.25) is 14.6 Å². The van der Waals surface area contributed by atoms with E-state index >= 15 is 0 Å². The number of hydrogen-bond acceptors (Lipinski definition) is 4. The molecular weight excluding hydrogens is 286 g/mol. The average Bonchev–Trinajstić information content (AvgIpc) is 3.18. The summed E-state index contributed by atoms with van der Waals surface area (Å²) in [5.41, 5.74) is 3.57. The molecule has 22 heavy (non-hydrogen) atoms. The molecule has 0 saturated carbocycles. The minimum atomic E-state index is -1.12. The van der Waals surface area contributed by atoms with Crippen LogP contribution in [0, 0.1) is 0 Å². The van der Waals surface area contributed by atoms with Crippen molar-refractivity contribution < 1.29 is 14.7 Å². The van der Waals surface area contributed by atoms with Crippen LogP contribution in [0.1, 0.15) is 44.3 Å². The van der Waals surface area contributed by atoms with Crippen LogP contribution in [0.25, 0.3) is 0 Å². The molecule has 0 fully saturated rings. The third-order valence-corrected chi connectivity index (χ3v) is 4.32. The highest BCUT2D eigenvalue weighted by Crippen LogP contribution is 2.25. The van der Waals surface area contributed by atoms with Crippen LogP contribution >= 0.6 is 0 Å². The lowest BCUT2D eigenvalue weighted by Crippen LogP contribution is -2.40. The monoisotopic (exact) mass is 301 g/mol. The van der Waals surface area contributed by atoms with Gasteiger partial charge in [0, 0.05) is 18.3 Å². The molecule has 2 aromatic rings. The van der Waals surface area contributed by atoms with Crippen molar-refractivity contribution in [2.24, 2.45) is 0 Å². The summed E-state index contributed by atoms with van der Waals surface area (Å²) in [5.74, 6) is -1.31. The lowest BCUT2D eigenvalue weighted by molar-refractivity contribution is 0.0669. The van der Waals surface area contributed by atoms with E-state index in [4.69, 9.17) is 5.11 Å². The van der Waals surface area contributed by atoms with E-state index in [0.717, 1.165) is 25.0 Å². The van der Waals surface area contributed by atoms with Crippen LogP contribution < -0.4 is 0 Å². The molecule has 1 aliphatic heterocycles. The number of aromatic carboxylic acids is 1. The van der Waals surface area contributed by atoms with Crippen molar-refractivity contribution in [3.05, 3.63) is 34.4 Å². The van der Waals surface area contributed by atoms with Gasteiger partial charge in [-0.2, -0.15) is 10.2 Å². The van der Waals surface area contributed by atoms with Gasteiger partial charge in [-0.15, -0.1) is 0 Å². The summed E-state index contributed by atoms with van der Waals surface area (Å²) in [4.78, 5) is 25.2. The van der Waals surface area contributed by atoms with Crippen LogP contribution in [0.2, 0.25) is 0 Å². The lowest BCUT2D eigenvalue weighted by Gasteiger charge is -2.27. The molecule has 2 aliphatic rings. The molecule has 0 saturated heterocycles. The SMILES string of the molecule is O=C(O)c1cc2n(n1)CCN(Cc1n[nH]c3c1CCC3)C2=O. The highest BCUT2D eigenvalue weighted by molar-refractivity contribution is 5.96. The fraction of sp³-hybridized carbons (Fsp3) is 0.429. The van der Waals surface area contributed by atoms with Gasteiger partial charge in [0.05, 0.1) is 18.8 Å². The Hall–Kier alpha value is -2.64. The molecule has 3 heterocycles. The first kappa shape index (κ1) is 13.1. The third kappa shape index (κ3) is 1.91. The summed E-state index contributed by atoms with van der Waals surface area (Å²) in [5, 5.41) is 20.3. The number of rotatable bonds is 3. The molecule has 1 aliphatic carbocycles. The minimum absolute atomic E-state index is 0.0918. The molecule has 2 aromatic heterocycles. The van der Waals surface area contributed by atoms with Gasteiger partial charge in [-0.05, 0) is 24.8 Å². The van der Waals surface area contributed by atoms with Crippen LogP contribution in [0.3, 0.4) is 0 Å². The largest absolute Gasteiger partial charge is 0.476 e. The van der Waals surface area contributed by atoms with E-state index in [9.17, 15) is 9.59 Å². The number of amides is 1. The maximum absolute atomic E-state index is 12.5. The maximum atomic E-state index is 12.5. The van der Waals surface area contributed by atoms with Crippen LogP contribution in [0.5, 0.6) is 0 Å². The first-order chi connectivity index (χ1) is 10.6. The molecule has 1 amide bonds. The van der Waals surface area contributed by atoms with Crippen LogP contribution in [-0.4, -0.2) is 48.4 Å². The number of carboxylic acids is 1. The number of aryl methyl sites for hydroxylation is 1. The van der Waals surface area contributed by atoms with Gasteiger partial charge < -0.3 is 10.0 Å². The Morgan fingerprint density at radius 2 is 2.23 bits per heavy atom. The predicted octanol–water partition coefficient (Wildman–Crippen LogP) is 0.449. The Labute approximate surface area is 125 Å². The smallest absolute Gasteiger partial charge is 0.356 e. The summed E-state index contributed by atoms with van der Waals surface area (Å²) in [7, 11) is 0. The fourth-order valence-corrected chi connectivity index (χ4v) is 3.19. The quantitative estimate of drug-likeness (QED) is 0.856. The first-order valence-corrected chi connectivity index (χ1v) is 7.29. The van der Waals surface area contributed by atoms with Gasteiger partial charge in [0.1, 0.15) is 5.69 Å². The Balaban J connectivity index is 1.59. The molecule has 114 valence electrons. The van der Waals surface area contributed by atoms with E-state index in [1.165, 1.54) is 22.0 Å². The molecule has 8 nitrogen and oxygen atoms in total. The van der Waals surface area contributed by atoms with Crippen molar-refractivity contribution >= 4 is 11.9 Å². The molecule has 2 N–H and O–H groups in total. The fourth-order valence-electron chi connectivity index (χ4n) is 3.19. The van der Waals surface area contributed by atoms with E-state index in [0.29, 0.717) is 25.3 Å². The number of carbonyl (C=O) groups is 2. The number of nitrogens with one attached hydrogen (secondary N) is 1. The number of hydrogen-bond donors (Lipinski definition) is 2. The molecule has 0 radical (unpaired) electrons. The Morgan fingerprint density at radius 3 is 3.05 bits per heavy atom. The third-order valence-electron chi connectivity index (χ3n) is 4.32. The Morgan fingerprint density at radius 1 is 1.36 bits per heavy atom. The van der Waals surface area contributed by atoms with Gasteiger partial charge in [-0.25, -0.2) is 4.79 Å². The molecule has 8 heteroatoms. The maximum Gasteiger partial charge on any atom is 0.356 e. The van der Waals surface area contributed by atoms with Gasteiger partial charge in [0.2, 0.25) is 0 Å². The second-order valence-electron chi connectivity index (χ2n) is 5.65. The van der Waals surface area contributed by atoms with E-state index in [-0.39, 0.29) is 11.6 Å². The van der Waals surface area contributed by atoms with Crippen molar-refractivity contribution in [1.82, 2.24) is 24.9 Å². The summed E-state index contributed by atoms with van der Waals surface area (Å²) >= 11 is 0. The van der Waals surface area contributed by atoms with Gasteiger partial charge in [0.25, 0.3) is 5.91 Å². The number of H-pyrrole nitrogens is 1. The van der Waals surface area contributed by atoms with E-state index in [1.54, 1.807) is 4.90 Å². The molecule has 0 aromatic carbocycles. The summed E-state index contributed by atoms with van der Waals surface area (Å²) in [6, 6.07) is 1.34. The van der Waals surface area contributed by atoms with Crippen molar-refractivity contribution in [2.45, 2.75) is 32.4 Å². The zero-order valence-electron chi connectivity index (χ0n) is 11.9. The molecule has 0 atom stereocenters.